The fourth-order valence-electron chi connectivity index (χ4n) is 2.72. The molecule has 2 aromatic carbocycles. The highest BCUT2D eigenvalue weighted by atomic mass is 32.2. The quantitative estimate of drug-likeness (QED) is 0.496. The Morgan fingerprint density at radius 3 is 2.70 bits per heavy atom. The van der Waals surface area contributed by atoms with E-state index in [-0.39, 0.29) is 11.5 Å². The summed E-state index contributed by atoms with van der Waals surface area (Å²) >= 11 is 1.30. The van der Waals surface area contributed by atoms with Gasteiger partial charge in [0.2, 0.25) is 5.16 Å². The third-order valence-electron chi connectivity index (χ3n) is 4.37. The van der Waals surface area contributed by atoms with Crippen LogP contribution < -0.4 is 9.47 Å². The third-order valence-corrected chi connectivity index (χ3v) is 5.29. The van der Waals surface area contributed by atoms with Crippen molar-refractivity contribution < 1.29 is 14.3 Å². The fraction of sp³-hybridized carbons (Fsp3) is 0.263. The summed E-state index contributed by atoms with van der Waals surface area (Å²) in [5.74, 6) is 1.48. The second kappa shape index (κ2) is 7.40. The van der Waals surface area contributed by atoms with Gasteiger partial charge in [0.25, 0.3) is 0 Å². The number of aryl methyl sites for hydroxylation is 2. The molecule has 8 heteroatoms. The van der Waals surface area contributed by atoms with Crippen LogP contribution in [0.25, 0.3) is 5.69 Å². The summed E-state index contributed by atoms with van der Waals surface area (Å²) in [6, 6.07) is 11.3. The number of thioether (sulfide) groups is 1. The van der Waals surface area contributed by atoms with E-state index in [2.05, 4.69) is 22.4 Å². The van der Waals surface area contributed by atoms with Gasteiger partial charge in [0.05, 0.1) is 11.4 Å². The molecule has 1 aromatic heterocycles. The number of carbonyl (C=O) groups excluding carboxylic acids is 1. The monoisotopic (exact) mass is 382 g/mol. The van der Waals surface area contributed by atoms with Gasteiger partial charge in [-0.2, -0.15) is 4.68 Å². The molecular formula is C19H18N4O3S. The van der Waals surface area contributed by atoms with Crippen molar-refractivity contribution in [2.24, 2.45) is 0 Å². The number of aromatic nitrogens is 4. The van der Waals surface area contributed by atoms with Crippen LogP contribution in [0.2, 0.25) is 0 Å². The molecule has 4 rings (SSSR count). The lowest BCUT2D eigenvalue weighted by molar-refractivity contribution is 0.102. The van der Waals surface area contributed by atoms with Crippen LogP contribution in [0.1, 0.15) is 21.5 Å². The van der Waals surface area contributed by atoms with Crippen LogP contribution in [0.4, 0.5) is 0 Å². The Kier molecular flexibility index (Phi) is 4.81. The minimum Gasteiger partial charge on any atom is -0.486 e. The molecule has 2 heterocycles. The highest BCUT2D eigenvalue weighted by molar-refractivity contribution is 7.99. The van der Waals surface area contributed by atoms with Crippen LogP contribution in [0.3, 0.4) is 0 Å². The molecular weight excluding hydrogens is 364 g/mol. The predicted molar refractivity (Wildman–Crippen MR) is 101 cm³/mol. The molecule has 3 aromatic rings. The first-order valence-electron chi connectivity index (χ1n) is 8.53. The molecule has 1 aliphatic rings. The van der Waals surface area contributed by atoms with E-state index in [0.717, 1.165) is 11.3 Å². The fourth-order valence-corrected chi connectivity index (χ4v) is 3.50. The van der Waals surface area contributed by atoms with E-state index in [0.29, 0.717) is 35.4 Å². The van der Waals surface area contributed by atoms with E-state index in [1.54, 1.807) is 22.9 Å². The number of Topliss-reactive ketones (excluding diaryl/α,β-unsaturated/α-hetero) is 1. The van der Waals surface area contributed by atoms with Gasteiger partial charge in [-0.15, -0.1) is 5.10 Å². The first-order chi connectivity index (χ1) is 13.1. The highest BCUT2D eigenvalue weighted by Crippen LogP contribution is 2.31. The molecule has 0 unspecified atom stereocenters. The first kappa shape index (κ1) is 17.5. The van der Waals surface area contributed by atoms with Crippen molar-refractivity contribution in [2.45, 2.75) is 19.0 Å². The molecule has 0 aliphatic carbocycles. The second-order valence-corrected chi connectivity index (χ2v) is 7.15. The van der Waals surface area contributed by atoms with Gasteiger partial charge in [0.15, 0.2) is 17.3 Å². The number of fused-ring (bicyclic) bond motifs is 1. The Hall–Kier alpha value is -2.87. The zero-order valence-corrected chi connectivity index (χ0v) is 15.8. The van der Waals surface area contributed by atoms with Gasteiger partial charge in [-0.3, -0.25) is 4.79 Å². The van der Waals surface area contributed by atoms with Crippen molar-refractivity contribution in [3.8, 4) is 17.2 Å². The maximum absolute atomic E-state index is 12.6. The van der Waals surface area contributed by atoms with Gasteiger partial charge in [-0.1, -0.05) is 17.8 Å². The lowest BCUT2D eigenvalue weighted by atomic mass is 10.1. The number of rotatable bonds is 5. The lowest BCUT2D eigenvalue weighted by Gasteiger charge is -2.18. The summed E-state index contributed by atoms with van der Waals surface area (Å²) in [6.07, 6.45) is 0. The van der Waals surface area contributed by atoms with E-state index in [1.807, 2.05) is 25.1 Å². The molecule has 0 fully saturated rings. The van der Waals surface area contributed by atoms with Crippen molar-refractivity contribution in [3.63, 3.8) is 0 Å². The smallest absolute Gasteiger partial charge is 0.214 e. The van der Waals surface area contributed by atoms with E-state index in [9.17, 15) is 4.79 Å². The van der Waals surface area contributed by atoms with Crippen molar-refractivity contribution >= 4 is 17.5 Å². The van der Waals surface area contributed by atoms with Crippen molar-refractivity contribution in [1.29, 1.82) is 0 Å². The Bertz CT molecular complexity index is 1000. The summed E-state index contributed by atoms with van der Waals surface area (Å²) in [5.41, 5.74) is 3.82. The van der Waals surface area contributed by atoms with Crippen LogP contribution in [0.15, 0.2) is 41.6 Å². The average Bonchev–Trinajstić information content (AvgIpc) is 3.16. The summed E-state index contributed by atoms with van der Waals surface area (Å²) in [5, 5.41) is 12.4. The van der Waals surface area contributed by atoms with Gasteiger partial charge in [0, 0.05) is 5.56 Å². The number of ketones is 1. The number of benzene rings is 2. The summed E-state index contributed by atoms with van der Waals surface area (Å²) in [4.78, 5) is 12.6. The van der Waals surface area contributed by atoms with Crippen molar-refractivity contribution in [2.75, 3.05) is 19.0 Å². The van der Waals surface area contributed by atoms with Crippen LogP contribution >= 0.6 is 11.8 Å². The Balaban J connectivity index is 1.49. The molecule has 0 bridgehead atoms. The number of hydrogen-bond acceptors (Lipinski definition) is 7. The molecule has 138 valence electrons. The average molecular weight is 382 g/mol. The first-order valence-corrected chi connectivity index (χ1v) is 9.52. The van der Waals surface area contributed by atoms with Crippen LogP contribution in [-0.4, -0.2) is 45.0 Å². The zero-order chi connectivity index (χ0) is 18.8. The van der Waals surface area contributed by atoms with Crippen molar-refractivity contribution in [1.82, 2.24) is 20.2 Å². The zero-order valence-electron chi connectivity index (χ0n) is 15.0. The highest BCUT2D eigenvalue weighted by Gasteiger charge is 2.17. The molecule has 0 spiro atoms. The largest absolute Gasteiger partial charge is 0.486 e. The molecule has 0 amide bonds. The molecule has 0 saturated heterocycles. The number of hydrogen-bond donors (Lipinski definition) is 0. The molecule has 0 N–H and O–H groups in total. The van der Waals surface area contributed by atoms with E-state index in [1.165, 1.54) is 17.3 Å². The van der Waals surface area contributed by atoms with E-state index >= 15 is 0 Å². The van der Waals surface area contributed by atoms with Crippen molar-refractivity contribution in [3.05, 3.63) is 53.1 Å². The van der Waals surface area contributed by atoms with E-state index < -0.39 is 0 Å². The van der Waals surface area contributed by atoms with Crippen LogP contribution in [-0.2, 0) is 0 Å². The second-order valence-electron chi connectivity index (χ2n) is 6.21. The molecule has 1 aliphatic heterocycles. The lowest BCUT2D eigenvalue weighted by Crippen LogP contribution is -2.16. The van der Waals surface area contributed by atoms with Gasteiger partial charge >= 0.3 is 0 Å². The standard InChI is InChI=1S/C19H18N4O3S/c1-12-3-5-15(9-13(12)2)23-19(20-21-22-23)27-11-16(24)14-4-6-17-18(10-14)26-8-7-25-17/h3-6,9-10H,7-8,11H2,1-2H3. The Morgan fingerprint density at radius 1 is 1.07 bits per heavy atom. The number of ether oxygens (including phenoxy) is 2. The Labute approximate surface area is 160 Å². The minimum atomic E-state index is -0.0217. The minimum absolute atomic E-state index is 0.0217. The third kappa shape index (κ3) is 3.66. The molecule has 27 heavy (non-hydrogen) atoms. The van der Waals surface area contributed by atoms with Gasteiger partial charge in [-0.05, 0) is 65.7 Å². The van der Waals surface area contributed by atoms with Gasteiger partial charge in [0.1, 0.15) is 13.2 Å². The predicted octanol–water partition coefficient (Wildman–Crippen LogP) is 3.03. The summed E-state index contributed by atoms with van der Waals surface area (Å²) in [6.45, 7) is 5.11. The number of nitrogens with zero attached hydrogens (tertiary/aromatic N) is 4. The van der Waals surface area contributed by atoms with E-state index in [4.69, 9.17) is 9.47 Å². The summed E-state index contributed by atoms with van der Waals surface area (Å²) in [7, 11) is 0. The molecule has 0 saturated carbocycles. The number of tetrazole rings is 1. The van der Waals surface area contributed by atoms with Crippen LogP contribution in [0, 0.1) is 13.8 Å². The summed E-state index contributed by atoms with van der Waals surface area (Å²) < 4.78 is 12.7. The Morgan fingerprint density at radius 2 is 1.89 bits per heavy atom. The molecule has 0 atom stereocenters. The normalized spacial score (nSPS) is 12.8. The maximum atomic E-state index is 12.6. The van der Waals surface area contributed by atoms with Gasteiger partial charge < -0.3 is 9.47 Å². The topological polar surface area (TPSA) is 79.1 Å². The maximum Gasteiger partial charge on any atom is 0.214 e. The van der Waals surface area contributed by atoms with Gasteiger partial charge in [-0.25, -0.2) is 0 Å². The van der Waals surface area contributed by atoms with Crippen LogP contribution in [0.5, 0.6) is 11.5 Å². The SMILES string of the molecule is Cc1ccc(-n2nnnc2SCC(=O)c2ccc3c(c2)OCCO3)cc1C. The molecule has 7 nitrogen and oxygen atoms in total. The number of carbonyl (C=O) groups is 1. The molecule has 0 radical (unpaired) electrons.